The van der Waals surface area contributed by atoms with E-state index in [-0.39, 0.29) is 11.3 Å². The SMILES string of the molecule is CC(O)=C(C#N)C(=O)NCCN1CCCCC1. The van der Waals surface area contributed by atoms with E-state index in [9.17, 15) is 4.79 Å². The molecular formula is C12H19N3O2. The van der Waals surface area contributed by atoms with Crippen molar-refractivity contribution in [3.8, 4) is 6.07 Å². The summed E-state index contributed by atoms with van der Waals surface area (Å²) < 4.78 is 0. The van der Waals surface area contributed by atoms with Gasteiger partial charge in [0.05, 0.1) is 0 Å². The van der Waals surface area contributed by atoms with Gasteiger partial charge in [-0.2, -0.15) is 5.26 Å². The van der Waals surface area contributed by atoms with Gasteiger partial charge in [-0.3, -0.25) is 4.79 Å². The fourth-order valence-electron chi connectivity index (χ4n) is 1.89. The Kier molecular flexibility index (Phi) is 5.50. The molecule has 0 atom stereocenters. The van der Waals surface area contributed by atoms with Gasteiger partial charge in [0, 0.05) is 13.1 Å². The number of amides is 1. The van der Waals surface area contributed by atoms with Crippen LogP contribution in [0.2, 0.25) is 0 Å². The van der Waals surface area contributed by atoms with Crippen LogP contribution in [0.4, 0.5) is 0 Å². The smallest absolute Gasteiger partial charge is 0.265 e. The highest BCUT2D eigenvalue weighted by Crippen LogP contribution is 2.07. The van der Waals surface area contributed by atoms with E-state index < -0.39 is 5.91 Å². The molecule has 0 radical (unpaired) electrons. The first kappa shape index (κ1) is 13.5. The Hall–Kier alpha value is -1.54. The molecule has 1 fully saturated rings. The third-order valence-electron chi connectivity index (χ3n) is 2.86. The highest BCUT2D eigenvalue weighted by Gasteiger charge is 2.13. The lowest BCUT2D eigenvalue weighted by molar-refractivity contribution is -0.117. The average molecular weight is 237 g/mol. The Labute approximate surface area is 102 Å². The standard InChI is InChI=1S/C12H19N3O2/c1-10(16)11(9-13)12(17)14-5-8-15-6-3-2-4-7-15/h16H,2-8H2,1H3,(H,14,17). The van der Waals surface area contributed by atoms with E-state index in [1.165, 1.54) is 26.2 Å². The summed E-state index contributed by atoms with van der Waals surface area (Å²) in [4.78, 5) is 13.8. The second kappa shape index (κ2) is 6.92. The zero-order valence-electron chi connectivity index (χ0n) is 10.2. The van der Waals surface area contributed by atoms with Crippen molar-refractivity contribution < 1.29 is 9.90 Å². The van der Waals surface area contributed by atoms with Crippen molar-refractivity contribution in [2.45, 2.75) is 26.2 Å². The topological polar surface area (TPSA) is 76.4 Å². The molecule has 1 saturated heterocycles. The number of likely N-dealkylation sites (tertiary alicyclic amines) is 1. The van der Waals surface area contributed by atoms with Crippen LogP contribution in [0.5, 0.6) is 0 Å². The lowest BCUT2D eigenvalue weighted by Crippen LogP contribution is -2.38. The molecule has 0 spiro atoms. The van der Waals surface area contributed by atoms with Crippen molar-refractivity contribution in [2.75, 3.05) is 26.2 Å². The zero-order chi connectivity index (χ0) is 12.7. The third kappa shape index (κ3) is 4.45. The second-order valence-corrected chi connectivity index (χ2v) is 4.23. The Bertz CT molecular complexity index is 334. The summed E-state index contributed by atoms with van der Waals surface area (Å²) in [5.74, 6) is -0.729. The molecule has 94 valence electrons. The molecule has 0 bridgehead atoms. The van der Waals surface area contributed by atoms with Gasteiger partial charge in [0.1, 0.15) is 11.8 Å². The number of nitrogens with one attached hydrogen (secondary N) is 1. The quantitative estimate of drug-likeness (QED) is 0.433. The molecule has 0 aromatic heterocycles. The molecule has 1 heterocycles. The van der Waals surface area contributed by atoms with E-state index in [1.807, 2.05) is 0 Å². The number of piperidine rings is 1. The van der Waals surface area contributed by atoms with Gasteiger partial charge in [-0.1, -0.05) is 6.42 Å². The van der Waals surface area contributed by atoms with Gasteiger partial charge in [0.2, 0.25) is 0 Å². The maximum absolute atomic E-state index is 11.5. The molecule has 1 amide bonds. The van der Waals surface area contributed by atoms with E-state index in [4.69, 9.17) is 10.4 Å². The molecule has 17 heavy (non-hydrogen) atoms. The van der Waals surface area contributed by atoms with Crippen LogP contribution in [0.1, 0.15) is 26.2 Å². The summed E-state index contributed by atoms with van der Waals surface area (Å²) in [5, 5.41) is 20.4. The number of allylic oxidation sites excluding steroid dienone is 1. The molecule has 0 aromatic rings. The third-order valence-corrected chi connectivity index (χ3v) is 2.86. The first-order valence-electron chi connectivity index (χ1n) is 5.95. The van der Waals surface area contributed by atoms with Crippen molar-refractivity contribution in [3.05, 3.63) is 11.3 Å². The van der Waals surface area contributed by atoms with Crippen LogP contribution in [0.25, 0.3) is 0 Å². The molecule has 5 heteroatoms. The zero-order valence-corrected chi connectivity index (χ0v) is 10.2. The van der Waals surface area contributed by atoms with Crippen molar-refractivity contribution in [2.24, 2.45) is 0 Å². The normalized spacial score (nSPS) is 18.1. The largest absolute Gasteiger partial charge is 0.511 e. The van der Waals surface area contributed by atoms with E-state index in [1.54, 1.807) is 6.07 Å². The van der Waals surface area contributed by atoms with Gasteiger partial charge < -0.3 is 15.3 Å². The number of nitriles is 1. The van der Waals surface area contributed by atoms with Crippen molar-refractivity contribution in [1.82, 2.24) is 10.2 Å². The van der Waals surface area contributed by atoms with Crippen molar-refractivity contribution in [1.29, 1.82) is 5.26 Å². The van der Waals surface area contributed by atoms with Crippen LogP contribution in [0, 0.1) is 11.3 Å². The number of hydrogen-bond acceptors (Lipinski definition) is 4. The van der Waals surface area contributed by atoms with Gasteiger partial charge >= 0.3 is 0 Å². The fourth-order valence-corrected chi connectivity index (χ4v) is 1.89. The molecule has 0 aliphatic carbocycles. The van der Waals surface area contributed by atoms with E-state index in [0.29, 0.717) is 6.54 Å². The minimum absolute atomic E-state index is 0.205. The molecular weight excluding hydrogens is 218 g/mol. The van der Waals surface area contributed by atoms with Gasteiger partial charge in [-0.25, -0.2) is 0 Å². The molecule has 1 aliphatic rings. The van der Waals surface area contributed by atoms with Crippen LogP contribution in [-0.4, -0.2) is 42.1 Å². The Morgan fingerprint density at radius 1 is 1.41 bits per heavy atom. The predicted molar refractivity (Wildman–Crippen MR) is 64.2 cm³/mol. The van der Waals surface area contributed by atoms with Crippen LogP contribution in [0.15, 0.2) is 11.3 Å². The summed E-state index contributed by atoms with van der Waals surface area (Å²) in [6.07, 6.45) is 3.72. The van der Waals surface area contributed by atoms with Crippen LogP contribution >= 0.6 is 0 Å². The van der Waals surface area contributed by atoms with Crippen LogP contribution < -0.4 is 5.32 Å². The lowest BCUT2D eigenvalue weighted by atomic mass is 10.1. The number of carbonyl (C=O) groups excluding carboxylic acids is 1. The summed E-state index contributed by atoms with van der Waals surface area (Å²) in [6.45, 7) is 4.81. The molecule has 2 N–H and O–H groups in total. The maximum Gasteiger partial charge on any atom is 0.265 e. The van der Waals surface area contributed by atoms with E-state index in [0.717, 1.165) is 19.6 Å². The molecule has 1 aliphatic heterocycles. The first-order chi connectivity index (χ1) is 8.15. The number of aliphatic hydroxyl groups excluding tert-OH is 1. The highest BCUT2D eigenvalue weighted by molar-refractivity contribution is 5.97. The first-order valence-corrected chi connectivity index (χ1v) is 5.95. The van der Waals surface area contributed by atoms with Gasteiger partial charge in [0.15, 0.2) is 5.57 Å². The van der Waals surface area contributed by atoms with E-state index >= 15 is 0 Å². The monoisotopic (exact) mass is 237 g/mol. The highest BCUT2D eigenvalue weighted by atomic mass is 16.3. The van der Waals surface area contributed by atoms with Crippen molar-refractivity contribution in [3.63, 3.8) is 0 Å². The Morgan fingerprint density at radius 3 is 2.59 bits per heavy atom. The number of carbonyl (C=O) groups is 1. The number of hydrogen-bond donors (Lipinski definition) is 2. The molecule has 0 saturated carbocycles. The number of aliphatic hydroxyl groups is 1. The van der Waals surface area contributed by atoms with Gasteiger partial charge in [0.25, 0.3) is 5.91 Å². The number of nitrogens with zero attached hydrogens (tertiary/aromatic N) is 2. The Morgan fingerprint density at radius 2 is 2.06 bits per heavy atom. The maximum atomic E-state index is 11.5. The van der Waals surface area contributed by atoms with E-state index in [2.05, 4.69) is 10.2 Å². The van der Waals surface area contributed by atoms with Gasteiger partial charge in [-0.15, -0.1) is 0 Å². The summed E-state index contributed by atoms with van der Waals surface area (Å²) in [6, 6.07) is 1.69. The molecule has 1 rings (SSSR count). The number of rotatable bonds is 4. The molecule has 5 nitrogen and oxygen atoms in total. The predicted octanol–water partition coefficient (Wildman–Crippen LogP) is 0.944. The van der Waals surface area contributed by atoms with Crippen LogP contribution in [-0.2, 0) is 4.79 Å². The minimum Gasteiger partial charge on any atom is -0.511 e. The molecule has 0 aromatic carbocycles. The molecule has 0 unspecified atom stereocenters. The second-order valence-electron chi connectivity index (χ2n) is 4.23. The average Bonchev–Trinajstić information content (AvgIpc) is 2.30. The van der Waals surface area contributed by atoms with Crippen molar-refractivity contribution >= 4 is 5.91 Å². The van der Waals surface area contributed by atoms with Crippen LogP contribution in [0.3, 0.4) is 0 Å². The van der Waals surface area contributed by atoms with Gasteiger partial charge in [-0.05, 0) is 32.9 Å². The summed E-state index contributed by atoms with van der Waals surface area (Å²) in [5.41, 5.74) is -0.205. The Balaban J connectivity index is 2.29. The lowest BCUT2D eigenvalue weighted by Gasteiger charge is -2.26. The minimum atomic E-state index is -0.496. The summed E-state index contributed by atoms with van der Waals surface area (Å²) >= 11 is 0. The fraction of sp³-hybridized carbons (Fsp3) is 0.667. The summed E-state index contributed by atoms with van der Waals surface area (Å²) in [7, 11) is 0.